The van der Waals surface area contributed by atoms with Crippen LogP contribution in [0, 0.1) is 0 Å². The number of hydrogen-bond acceptors (Lipinski definition) is 5. The number of hydrogen-bond donors (Lipinski definition) is 1. The van der Waals surface area contributed by atoms with E-state index in [9.17, 15) is 0 Å². The molecule has 0 fully saturated rings. The van der Waals surface area contributed by atoms with Crippen LogP contribution >= 0.6 is 0 Å². The number of nitrogen functional groups attached to an aromatic ring is 1. The van der Waals surface area contributed by atoms with Crippen molar-refractivity contribution >= 4 is 5.82 Å². The molecule has 2 N–H and O–H groups in total. The normalized spacial score (nSPS) is 10.3. The van der Waals surface area contributed by atoms with Crippen molar-refractivity contribution in [1.82, 2.24) is 15.0 Å². The van der Waals surface area contributed by atoms with Gasteiger partial charge in [0.25, 0.3) is 0 Å². The van der Waals surface area contributed by atoms with Gasteiger partial charge in [0.1, 0.15) is 5.82 Å². The van der Waals surface area contributed by atoms with Gasteiger partial charge in [0.15, 0.2) is 0 Å². The van der Waals surface area contributed by atoms with Crippen LogP contribution in [-0.2, 0) is 0 Å². The summed E-state index contributed by atoms with van der Waals surface area (Å²) in [5.41, 5.74) is 9.51. The monoisotopic (exact) mass is 278 g/mol. The first-order valence-electron chi connectivity index (χ1n) is 6.47. The van der Waals surface area contributed by atoms with Gasteiger partial charge in [-0.25, -0.2) is 0 Å². The molecule has 0 saturated heterocycles. The first-order valence-corrected chi connectivity index (χ1v) is 6.47. The minimum absolute atomic E-state index is 0.254. The van der Waals surface area contributed by atoms with E-state index in [4.69, 9.17) is 10.5 Å². The van der Waals surface area contributed by atoms with Gasteiger partial charge in [-0.1, -0.05) is 30.3 Å². The average molecular weight is 278 g/mol. The number of nitrogens with two attached hydrogens (primary N) is 1. The first kappa shape index (κ1) is 13.1. The van der Waals surface area contributed by atoms with Crippen LogP contribution in [0.3, 0.4) is 0 Å². The molecule has 0 aliphatic carbocycles. The number of methoxy groups -OCH3 is 1. The van der Waals surface area contributed by atoms with Crippen molar-refractivity contribution in [2.45, 2.75) is 0 Å². The van der Waals surface area contributed by atoms with Crippen LogP contribution in [0.2, 0.25) is 0 Å². The van der Waals surface area contributed by atoms with Crippen molar-refractivity contribution < 1.29 is 4.74 Å². The second kappa shape index (κ2) is 5.58. The van der Waals surface area contributed by atoms with Gasteiger partial charge in [-0.2, -0.15) is 9.97 Å². The number of ether oxygens (including phenoxy) is 1. The Hall–Kier alpha value is -2.95. The molecule has 0 aliphatic rings. The fourth-order valence-corrected chi connectivity index (χ4v) is 2.16. The Balaban J connectivity index is 2.28. The van der Waals surface area contributed by atoms with Crippen LogP contribution in [0.25, 0.3) is 22.4 Å². The molecular formula is C16H14N4O. The summed E-state index contributed by atoms with van der Waals surface area (Å²) in [6, 6.07) is 13.8. The summed E-state index contributed by atoms with van der Waals surface area (Å²) in [5, 5.41) is 0. The molecule has 2 aromatic heterocycles. The predicted molar refractivity (Wildman–Crippen MR) is 81.7 cm³/mol. The van der Waals surface area contributed by atoms with E-state index >= 15 is 0 Å². The van der Waals surface area contributed by atoms with Gasteiger partial charge >= 0.3 is 6.01 Å². The van der Waals surface area contributed by atoms with Crippen LogP contribution in [0.5, 0.6) is 6.01 Å². The molecule has 3 rings (SSSR count). The van der Waals surface area contributed by atoms with Gasteiger partial charge < -0.3 is 10.5 Å². The maximum atomic E-state index is 6.12. The van der Waals surface area contributed by atoms with E-state index < -0.39 is 0 Å². The standard InChI is InChI=1S/C16H14N4O/c1-21-16-19-14(12-5-3-2-4-6-12)13(15(17)20-16)11-7-9-18-10-8-11/h2-10H,1H3,(H2,17,19,20). The molecule has 1 aromatic carbocycles. The summed E-state index contributed by atoms with van der Waals surface area (Å²) < 4.78 is 5.13. The highest BCUT2D eigenvalue weighted by molar-refractivity contribution is 5.87. The molecule has 0 radical (unpaired) electrons. The minimum Gasteiger partial charge on any atom is -0.467 e. The second-order valence-corrected chi connectivity index (χ2v) is 4.42. The van der Waals surface area contributed by atoms with Gasteiger partial charge in [-0.3, -0.25) is 4.98 Å². The van der Waals surface area contributed by atoms with Crippen LogP contribution in [0.15, 0.2) is 54.9 Å². The van der Waals surface area contributed by atoms with E-state index in [1.54, 1.807) is 12.4 Å². The molecule has 21 heavy (non-hydrogen) atoms. The lowest BCUT2D eigenvalue weighted by Crippen LogP contribution is -2.03. The van der Waals surface area contributed by atoms with Gasteiger partial charge in [-0.05, 0) is 17.7 Å². The molecular weight excluding hydrogens is 264 g/mol. The molecule has 0 atom stereocenters. The minimum atomic E-state index is 0.254. The van der Waals surface area contributed by atoms with Gasteiger partial charge in [-0.15, -0.1) is 0 Å². The summed E-state index contributed by atoms with van der Waals surface area (Å²) >= 11 is 0. The fraction of sp³-hybridized carbons (Fsp3) is 0.0625. The molecule has 0 amide bonds. The highest BCUT2D eigenvalue weighted by atomic mass is 16.5. The maximum absolute atomic E-state index is 6.12. The number of anilines is 1. The van der Waals surface area contributed by atoms with E-state index in [1.165, 1.54) is 7.11 Å². The number of nitrogens with zero attached hydrogens (tertiary/aromatic N) is 3. The van der Waals surface area contributed by atoms with E-state index in [0.717, 1.165) is 22.4 Å². The lowest BCUT2D eigenvalue weighted by Gasteiger charge is -2.12. The summed E-state index contributed by atoms with van der Waals surface area (Å²) in [6.07, 6.45) is 3.43. The largest absolute Gasteiger partial charge is 0.467 e. The van der Waals surface area contributed by atoms with Crippen molar-refractivity contribution in [3.8, 4) is 28.4 Å². The third-order valence-corrected chi connectivity index (χ3v) is 3.12. The zero-order valence-electron chi connectivity index (χ0n) is 11.5. The van der Waals surface area contributed by atoms with Crippen LogP contribution in [-0.4, -0.2) is 22.1 Å². The topological polar surface area (TPSA) is 73.9 Å². The molecule has 0 spiro atoms. The third kappa shape index (κ3) is 2.53. The Bertz CT molecular complexity index is 745. The Labute approximate surface area is 122 Å². The van der Waals surface area contributed by atoms with Gasteiger partial charge in [0.2, 0.25) is 0 Å². The number of aromatic nitrogens is 3. The number of benzene rings is 1. The Morgan fingerprint density at radius 3 is 2.29 bits per heavy atom. The van der Waals surface area contributed by atoms with Crippen molar-refractivity contribution in [3.05, 3.63) is 54.9 Å². The quantitative estimate of drug-likeness (QED) is 0.797. The molecule has 2 heterocycles. The molecule has 0 aliphatic heterocycles. The molecule has 3 aromatic rings. The SMILES string of the molecule is COc1nc(N)c(-c2ccncc2)c(-c2ccccc2)n1. The lowest BCUT2D eigenvalue weighted by atomic mass is 10.0. The molecule has 5 heteroatoms. The molecule has 5 nitrogen and oxygen atoms in total. The van der Waals surface area contributed by atoms with Crippen LogP contribution in [0.1, 0.15) is 0 Å². The highest BCUT2D eigenvalue weighted by Gasteiger charge is 2.16. The van der Waals surface area contributed by atoms with Crippen molar-refractivity contribution in [2.24, 2.45) is 0 Å². The summed E-state index contributed by atoms with van der Waals surface area (Å²) in [6.45, 7) is 0. The summed E-state index contributed by atoms with van der Waals surface area (Å²) in [5.74, 6) is 0.381. The van der Waals surface area contributed by atoms with Crippen LogP contribution < -0.4 is 10.5 Å². The Morgan fingerprint density at radius 1 is 0.905 bits per heavy atom. The predicted octanol–water partition coefficient (Wildman–Crippen LogP) is 2.80. The van der Waals surface area contributed by atoms with Gasteiger partial charge in [0.05, 0.1) is 18.4 Å². The highest BCUT2D eigenvalue weighted by Crippen LogP contribution is 2.35. The number of pyridine rings is 1. The summed E-state index contributed by atoms with van der Waals surface area (Å²) in [7, 11) is 1.52. The van der Waals surface area contributed by atoms with E-state index in [1.807, 2.05) is 42.5 Å². The molecule has 0 unspecified atom stereocenters. The van der Waals surface area contributed by atoms with E-state index in [0.29, 0.717) is 5.82 Å². The van der Waals surface area contributed by atoms with Gasteiger partial charge in [0, 0.05) is 18.0 Å². The third-order valence-electron chi connectivity index (χ3n) is 3.12. The fourth-order valence-electron chi connectivity index (χ4n) is 2.16. The average Bonchev–Trinajstić information content (AvgIpc) is 2.55. The first-order chi connectivity index (χ1) is 10.3. The number of rotatable bonds is 3. The van der Waals surface area contributed by atoms with Crippen molar-refractivity contribution in [2.75, 3.05) is 12.8 Å². The maximum Gasteiger partial charge on any atom is 0.318 e. The van der Waals surface area contributed by atoms with E-state index in [2.05, 4.69) is 15.0 Å². The Morgan fingerprint density at radius 2 is 1.62 bits per heavy atom. The molecule has 0 bridgehead atoms. The zero-order chi connectivity index (χ0) is 14.7. The zero-order valence-corrected chi connectivity index (χ0v) is 11.5. The lowest BCUT2D eigenvalue weighted by molar-refractivity contribution is 0.381. The smallest absolute Gasteiger partial charge is 0.318 e. The van der Waals surface area contributed by atoms with E-state index in [-0.39, 0.29) is 6.01 Å². The molecule has 104 valence electrons. The molecule has 0 saturated carbocycles. The van der Waals surface area contributed by atoms with Crippen LogP contribution in [0.4, 0.5) is 5.82 Å². The Kier molecular flexibility index (Phi) is 3.47. The second-order valence-electron chi connectivity index (χ2n) is 4.42. The van der Waals surface area contributed by atoms with Crippen molar-refractivity contribution in [1.29, 1.82) is 0 Å². The summed E-state index contributed by atoms with van der Waals surface area (Å²) in [4.78, 5) is 12.7. The van der Waals surface area contributed by atoms with Crippen molar-refractivity contribution in [3.63, 3.8) is 0 Å².